The number of nitriles is 1. The van der Waals surface area contributed by atoms with Crippen LogP contribution in [0.2, 0.25) is 5.02 Å². The number of rotatable bonds is 2. The monoisotopic (exact) mass is 297 g/mol. The highest BCUT2D eigenvalue weighted by Crippen LogP contribution is 2.35. The van der Waals surface area contributed by atoms with E-state index in [0.717, 1.165) is 18.2 Å². The number of hydrogen-bond donors (Lipinski definition) is 1. The Hall–Kier alpha value is -2.26. The quantitative estimate of drug-likeness (QED) is 0.895. The second-order valence-electron chi connectivity index (χ2n) is 3.85. The second-order valence-corrected chi connectivity index (χ2v) is 4.26. The molecule has 0 spiro atoms. The molecule has 7 heteroatoms. The van der Waals surface area contributed by atoms with Crippen LogP contribution in [0.4, 0.5) is 24.5 Å². The summed E-state index contributed by atoms with van der Waals surface area (Å²) in [6, 6.07) is 6.28. The maximum Gasteiger partial charge on any atom is 0.416 e. The zero-order chi connectivity index (χ0) is 14.8. The molecule has 0 saturated heterocycles. The summed E-state index contributed by atoms with van der Waals surface area (Å²) in [6.07, 6.45) is -1.71. The summed E-state index contributed by atoms with van der Waals surface area (Å²) in [5.74, 6) is 0. The van der Waals surface area contributed by atoms with Crippen LogP contribution >= 0.6 is 11.6 Å². The zero-order valence-corrected chi connectivity index (χ0v) is 10.6. The Kier molecular flexibility index (Phi) is 3.81. The smallest absolute Gasteiger partial charge is 0.352 e. The average Bonchev–Trinajstić information content (AvgIpc) is 2.40. The zero-order valence-electron chi connectivity index (χ0n) is 9.87. The summed E-state index contributed by atoms with van der Waals surface area (Å²) in [4.78, 5) is 3.81. The Labute approximate surface area is 117 Å². The molecule has 1 heterocycles. The van der Waals surface area contributed by atoms with Crippen molar-refractivity contribution >= 4 is 23.0 Å². The van der Waals surface area contributed by atoms with Crippen LogP contribution in [0.25, 0.3) is 0 Å². The molecule has 1 aromatic carbocycles. The van der Waals surface area contributed by atoms with Gasteiger partial charge in [-0.1, -0.05) is 11.6 Å². The van der Waals surface area contributed by atoms with Crippen LogP contribution in [-0.4, -0.2) is 4.98 Å². The molecule has 20 heavy (non-hydrogen) atoms. The fraction of sp³-hybridized carbons (Fsp3) is 0.0769. The Balaban J connectivity index is 2.41. The molecule has 0 aliphatic carbocycles. The fourth-order valence-electron chi connectivity index (χ4n) is 1.53. The molecule has 0 unspecified atom stereocenters. The van der Waals surface area contributed by atoms with E-state index in [9.17, 15) is 13.2 Å². The molecule has 0 atom stereocenters. The van der Waals surface area contributed by atoms with Gasteiger partial charge in [-0.3, -0.25) is 4.98 Å². The summed E-state index contributed by atoms with van der Waals surface area (Å²) in [6.45, 7) is 0. The molecule has 0 bridgehead atoms. The van der Waals surface area contributed by atoms with Gasteiger partial charge in [-0.2, -0.15) is 18.4 Å². The summed E-state index contributed by atoms with van der Waals surface area (Å²) in [5, 5.41) is 11.7. The van der Waals surface area contributed by atoms with Gasteiger partial charge < -0.3 is 5.32 Å². The van der Waals surface area contributed by atoms with E-state index in [4.69, 9.17) is 16.9 Å². The minimum atomic E-state index is -4.46. The lowest BCUT2D eigenvalue weighted by atomic mass is 10.1. The normalized spacial score (nSPS) is 10.9. The number of halogens is 4. The summed E-state index contributed by atoms with van der Waals surface area (Å²) in [7, 11) is 0. The van der Waals surface area contributed by atoms with E-state index in [1.165, 1.54) is 18.5 Å². The van der Waals surface area contributed by atoms with Crippen LogP contribution < -0.4 is 5.32 Å². The van der Waals surface area contributed by atoms with Gasteiger partial charge in [0.2, 0.25) is 0 Å². The number of nitrogens with one attached hydrogen (secondary N) is 1. The summed E-state index contributed by atoms with van der Waals surface area (Å²) < 4.78 is 37.9. The number of nitrogens with zero attached hydrogens (tertiary/aromatic N) is 2. The summed E-state index contributed by atoms with van der Waals surface area (Å²) in [5.41, 5.74) is -0.220. The van der Waals surface area contributed by atoms with Crippen LogP contribution in [0.1, 0.15) is 11.1 Å². The third kappa shape index (κ3) is 3.00. The lowest BCUT2D eigenvalue weighted by Crippen LogP contribution is -2.05. The molecule has 102 valence electrons. The molecule has 0 aliphatic heterocycles. The molecule has 3 nitrogen and oxygen atoms in total. The first-order valence-corrected chi connectivity index (χ1v) is 5.77. The van der Waals surface area contributed by atoms with Gasteiger partial charge in [0.15, 0.2) is 0 Å². The maximum atomic E-state index is 12.6. The number of aromatic nitrogens is 1. The van der Waals surface area contributed by atoms with Crippen LogP contribution in [-0.2, 0) is 6.18 Å². The Morgan fingerprint density at radius 1 is 1.20 bits per heavy atom. The summed E-state index contributed by atoms with van der Waals surface area (Å²) >= 11 is 5.86. The molecule has 1 N–H and O–H groups in total. The maximum absolute atomic E-state index is 12.6. The first-order chi connectivity index (χ1) is 9.41. The van der Waals surface area contributed by atoms with E-state index in [-0.39, 0.29) is 22.0 Å². The van der Waals surface area contributed by atoms with Gasteiger partial charge in [0, 0.05) is 6.20 Å². The third-order valence-corrected chi connectivity index (χ3v) is 2.83. The molecular weight excluding hydrogens is 291 g/mol. The topological polar surface area (TPSA) is 48.7 Å². The van der Waals surface area contributed by atoms with Gasteiger partial charge in [0.1, 0.15) is 6.07 Å². The van der Waals surface area contributed by atoms with E-state index in [1.807, 2.05) is 6.07 Å². The van der Waals surface area contributed by atoms with Gasteiger partial charge in [-0.25, -0.2) is 0 Å². The van der Waals surface area contributed by atoms with Crippen molar-refractivity contribution in [1.82, 2.24) is 4.98 Å². The van der Waals surface area contributed by atoms with Crippen molar-refractivity contribution in [2.24, 2.45) is 0 Å². The van der Waals surface area contributed by atoms with Crippen molar-refractivity contribution in [3.8, 4) is 6.07 Å². The fourth-order valence-corrected chi connectivity index (χ4v) is 1.70. The second kappa shape index (κ2) is 5.39. The van der Waals surface area contributed by atoms with Crippen LogP contribution in [0, 0.1) is 11.3 Å². The third-order valence-electron chi connectivity index (χ3n) is 2.50. The molecule has 0 aliphatic rings. The lowest BCUT2D eigenvalue weighted by molar-refractivity contribution is -0.137. The van der Waals surface area contributed by atoms with Crippen molar-refractivity contribution in [2.45, 2.75) is 6.18 Å². The van der Waals surface area contributed by atoms with E-state index >= 15 is 0 Å². The molecule has 2 rings (SSSR count). The van der Waals surface area contributed by atoms with Gasteiger partial charge >= 0.3 is 6.18 Å². The minimum absolute atomic E-state index is 0.0611. The van der Waals surface area contributed by atoms with Crippen LogP contribution in [0.15, 0.2) is 36.7 Å². The number of hydrogen-bond acceptors (Lipinski definition) is 3. The Morgan fingerprint density at radius 3 is 2.60 bits per heavy atom. The SMILES string of the molecule is N#Cc1ccncc1Nc1cc(C(F)(F)F)ccc1Cl. The van der Waals surface area contributed by atoms with Crippen molar-refractivity contribution < 1.29 is 13.2 Å². The highest BCUT2D eigenvalue weighted by molar-refractivity contribution is 6.33. The average molecular weight is 298 g/mol. The number of anilines is 2. The Bertz CT molecular complexity index is 677. The Morgan fingerprint density at radius 2 is 1.95 bits per heavy atom. The lowest BCUT2D eigenvalue weighted by Gasteiger charge is -2.12. The molecule has 0 saturated carbocycles. The predicted octanol–water partition coefficient (Wildman–Crippen LogP) is 4.37. The van der Waals surface area contributed by atoms with Crippen LogP contribution in [0.5, 0.6) is 0 Å². The largest absolute Gasteiger partial charge is 0.416 e. The predicted molar refractivity (Wildman–Crippen MR) is 68.7 cm³/mol. The van der Waals surface area contributed by atoms with Gasteiger partial charge in [0.05, 0.1) is 33.7 Å². The number of pyridine rings is 1. The molecular formula is C13H7ClF3N3. The van der Waals surface area contributed by atoms with Crippen molar-refractivity contribution in [3.63, 3.8) is 0 Å². The number of benzene rings is 1. The highest BCUT2D eigenvalue weighted by atomic mass is 35.5. The standard InChI is InChI=1S/C13H7ClF3N3/c14-10-2-1-9(13(15,16)17)5-11(10)20-12-7-19-4-3-8(12)6-18/h1-5,7,20H. The molecule has 0 amide bonds. The molecule has 1 aromatic heterocycles. The van der Waals surface area contributed by atoms with Crippen molar-refractivity contribution in [2.75, 3.05) is 5.32 Å². The van der Waals surface area contributed by atoms with Crippen molar-refractivity contribution in [3.05, 3.63) is 52.8 Å². The molecule has 0 fully saturated rings. The molecule has 2 aromatic rings. The van der Waals surface area contributed by atoms with E-state index in [0.29, 0.717) is 0 Å². The van der Waals surface area contributed by atoms with E-state index in [2.05, 4.69) is 10.3 Å². The van der Waals surface area contributed by atoms with E-state index in [1.54, 1.807) is 0 Å². The van der Waals surface area contributed by atoms with E-state index < -0.39 is 11.7 Å². The minimum Gasteiger partial charge on any atom is -0.352 e. The number of alkyl halides is 3. The van der Waals surface area contributed by atoms with Gasteiger partial charge in [-0.15, -0.1) is 0 Å². The van der Waals surface area contributed by atoms with Gasteiger partial charge in [0.25, 0.3) is 0 Å². The van der Waals surface area contributed by atoms with Gasteiger partial charge in [-0.05, 0) is 24.3 Å². The van der Waals surface area contributed by atoms with Crippen molar-refractivity contribution in [1.29, 1.82) is 5.26 Å². The highest BCUT2D eigenvalue weighted by Gasteiger charge is 2.31. The first-order valence-electron chi connectivity index (χ1n) is 5.39. The first kappa shape index (κ1) is 14.2. The van der Waals surface area contributed by atoms with Crippen LogP contribution in [0.3, 0.4) is 0 Å². The molecule has 0 radical (unpaired) electrons.